The van der Waals surface area contributed by atoms with Crippen LogP contribution in [0.4, 0.5) is 5.95 Å². The Morgan fingerprint density at radius 3 is 2.80 bits per heavy atom. The Morgan fingerprint density at radius 1 is 1.33 bits per heavy atom. The van der Waals surface area contributed by atoms with Gasteiger partial charge >= 0.3 is 5.97 Å². The van der Waals surface area contributed by atoms with E-state index in [2.05, 4.69) is 20.2 Å². The van der Waals surface area contributed by atoms with Gasteiger partial charge in [0, 0.05) is 49.6 Å². The van der Waals surface area contributed by atoms with Gasteiger partial charge in [0.25, 0.3) is 0 Å². The lowest BCUT2D eigenvalue weighted by molar-refractivity contribution is 0.0695. The minimum absolute atomic E-state index is 0.137. The van der Waals surface area contributed by atoms with Crippen molar-refractivity contribution >= 4 is 34.6 Å². The number of nitrogens with one attached hydrogen (secondary N) is 1. The SMILES string of the molecule is CCn1cc(C(=O)O)c(=O)c2cnc(N3CCNCC3Cc3ccc(Cl)cc3)nc21. The Balaban J connectivity index is 1.73. The van der Waals surface area contributed by atoms with E-state index in [1.54, 1.807) is 4.57 Å². The molecule has 156 valence electrons. The molecule has 2 N–H and O–H groups in total. The monoisotopic (exact) mass is 427 g/mol. The number of nitrogens with zero attached hydrogens (tertiary/aromatic N) is 4. The summed E-state index contributed by atoms with van der Waals surface area (Å²) < 4.78 is 1.68. The fourth-order valence-corrected chi connectivity index (χ4v) is 3.92. The van der Waals surface area contributed by atoms with Crippen LogP contribution in [0.3, 0.4) is 0 Å². The number of anilines is 1. The van der Waals surface area contributed by atoms with Crippen molar-refractivity contribution in [2.75, 3.05) is 24.5 Å². The zero-order valence-corrected chi connectivity index (χ0v) is 17.3. The predicted molar refractivity (Wildman–Crippen MR) is 116 cm³/mol. The van der Waals surface area contributed by atoms with Crippen LogP contribution in [0.2, 0.25) is 5.02 Å². The minimum atomic E-state index is -1.25. The topological polar surface area (TPSA) is 100 Å². The van der Waals surface area contributed by atoms with E-state index in [0.29, 0.717) is 23.2 Å². The average Bonchev–Trinajstić information content (AvgIpc) is 2.75. The largest absolute Gasteiger partial charge is 0.477 e. The maximum absolute atomic E-state index is 12.6. The zero-order valence-electron chi connectivity index (χ0n) is 16.5. The number of piperazine rings is 1. The van der Waals surface area contributed by atoms with E-state index in [0.717, 1.165) is 31.6 Å². The van der Waals surface area contributed by atoms with Crippen LogP contribution >= 0.6 is 11.6 Å². The summed E-state index contributed by atoms with van der Waals surface area (Å²) >= 11 is 6.00. The summed E-state index contributed by atoms with van der Waals surface area (Å²) in [6.45, 7) is 4.68. The first kappa shape index (κ1) is 20.3. The molecule has 8 nitrogen and oxygen atoms in total. The van der Waals surface area contributed by atoms with Gasteiger partial charge < -0.3 is 19.9 Å². The van der Waals surface area contributed by atoms with Crippen molar-refractivity contribution in [1.29, 1.82) is 0 Å². The van der Waals surface area contributed by atoms with Gasteiger partial charge in [-0.05, 0) is 31.0 Å². The zero-order chi connectivity index (χ0) is 21.3. The highest BCUT2D eigenvalue weighted by Crippen LogP contribution is 2.20. The number of hydrogen-bond acceptors (Lipinski definition) is 6. The molecule has 1 fully saturated rings. The summed E-state index contributed by atoms with van der Waals surface area (Å²) in [5.74, 6) is -0.717. The van der Waals surface area contributed by atoms with Crippen LogP contribution in [0.25, 0.3) is 11.0 Å². The maximum atomic E-state index is 12.6. The molecule has 0 aliphatic carbocycles. The van der Waals surface area contributed by atoms with Gasteiger partial charge in [-0.2, -0.15) is 4.98 Å². The number of halogens is 1. The van der Waals surface area contributed by atoms with E-state index in [9.17, 15) is 14.7 Å². The number of pyridine rings is 1. The first-order chi connectivity index (χ1) is 14.5. The van der Waals surface area contributed by atoms with Crippen LogP contribution in [0.15, 0.2) is 41.5 Å². The van der Waals surface area contributed by atoms with Crippen molar-refractivity contribution in [1.82, 2.24) is 19.9 Å². The minimum Gasteiger partial charge on any atom is -0.477 e. The Bertz CT molecular complexity index is 1150. The smallest absolute Gasteiger partial charge is 0.341 e. The molecule has 3 aromatic rings. The standard InChI is InChI=1S/C21H22ClN5O3/c1-2-26-12-17(20(29)30)18(28)16-11-24-21(25-19(16)26)27-8-7-23-10-15(27)9-13-3-5-14(22)6-4-13/h3-6,11-12,15,23H,2,7-10H2,1H3,(H,29,30). The molecule has 1 saturated heterocycles. The number of hydrogen-bond donors (Lipinski definition) is 2. The second-order valence-corrected chi connectivity index (χ2v) is 7.69. The number of carboxylic acid groups (broad SMARTS) is 1. The predicted octanol–water partition coefficient (Wildman–Crippen LogP) is 2.18. The van der Waals surface area contributed by atoms with E-state index >= 15 is 0 Å². The van der Waals surface area contributed by atoms with Crippen LogP contribution in [-0.2, 0) is 13.0 Å². The molecule has 0 bridgehead atoms. The highest BCUT2D eigenvalue weighted by Gasteiger charge is 2.26. The van der Waals surface area contributed by atoms with Gasteiger partial charge in [0.2, 0.25) is 11.4 Å². The van der Waals surface area contributed by atoms with E-state index in [1.165, 1.54) is 12.4 Å². The molecule has 0 radical (unpaired) electrons. The molecule has 0 spiro atoms. The summed E-state index contributed by atoms with van der Waals surface area (Å²) in [5.41, 5.74) is 0.770. The van der Waals surface area contributed by atoms with Crippen LogP contribution in [0.1, 0.15) is 22.8 Å². The quantitative estimate of drug-likeness (QED) is 0.643. The Kier molecular flexibility index (Phi) is 5.69. The van der Waals surface area contributed by atoms with E-state index in [1.807, 2.05) is 31.2 Å². The molecule has 0 amide bonds. The second-order valence-electron chi connectivity index (χ2n) is 7.25. The third-order valence-corrected chi connectivity index (χ3v) is 5.62. The lowest BCUT2D eigenvalue weighted by atomic mass is 10.0. The molecule has 30 heavy (non-hydrogen) atoms. The van der Waals surface area contributed by atoms with Crippen LogP contribution in [-0.4, -0.2) is 51.3 Å². The van der Waals surface area contributed by atoms with Crippen molar-refractivity contribution in [3.63, 3.8) is 0 Å². The number of benzene rings is 1. The third kappa shape index (κ3) is 3.88. The first-order valence-electron chi connectivity index (χ1n) is 9.83. The molecule has 0 saturated carbocycles. The Labute approximate surface area is 178 Å². The van der Waals surface area contributed by atoms with Crippen molar-refractivity contribution in [2.45, 2.75) is 25.9 Å². The summed E-state index contributed by atoms with van der Waals surface area (Å²) in [4.78, 5) is 35.2. The van der Waals surface area contributed by atoms with Gasteiger partial charge in [0.1, 0.15) is 11.2 Å². The van der Waals surface area contributed by atoms with Crippen LogP contribution < -0.4 is 15.6 Å². The molecule has 2 aromatic heterocycles. The second kappa shape index (κ2) is 8.41. The van der Waals surface area contributed by atoms with E-state index < -0.39 is 11.4 Å². The molecule has 1 aliphatic heterocycles. The van der Waals surface area contributed by atoms with Crippen molar-refractivity contribution in [3.8, 4) is 0 Å². The van der Waals surface area contributed by atoms with Gasteiger partial charge in [-0.1, -0.05) is 23.7 Å². The van der Waals surface area contributed by atoms with Gasteiger partial charge in [-0.25, -0.2) is 9.78 Å². The number of aryl methyl sites for hydroxylation is 1. The number of aromatic nitrogens is 3. The fourth-order valence-electron chi connectivity index (χ4n) is 3.79. The highest BCUT2D eigenvalue weighted by atomic mass is 35.5. The molecule has 9 heteroatoms. The number of rotatable bonds is 5. The van der Waals surface area contributed by atoms with Gasteiger partial charge in [-0.15, -0.1) is 0 Å². The molecular weight excluding hydrogens is 406 g/mol. The van der Waals surface area contributed by atoms with Crippen LogP contribution in [0, 0.1) is 0 Å². The van der Waals surface area contributed by atoms with Crippen molar-refractivity contribution in [3.05, 3.63) is 63.0 Å². The highest BCUT2D eigenvalue weighted by molar-refractivity contribution is 6.30. The molecule has 1 unspecified atom stereocenters. The molecular formula is C21H22ClN5O3. The number of carboxylic acids is 1. The summed E-state index contributed by atoms with van der Waals surface area (Å²) in [7, 11) is 0. The first-order valence-corrected chi connectivity index (χ1v) is 10.2. The van der Waals surface area contributed by atoms with E-state index in [-0.39, 0.29) is 17.0 Å². The molecule has 4 rings (SSSR count). The number of aromatic carboxylic acids is 1. The lowest BCUT2D eigenvalue weighted by Crippen LogP contribution is -2.53. The summed E-state index contributed by atoms with van der Waals surface area (Å²) in [5, 5.41) is 13.6. The normalized spacial score (nSPS) is 16.7. The Morgan fingerprint density at radius 2 is 2.10 bits per heavy atom. The Hall–Kier alpha value is -2.97. The third-order valence-electron chi connectivity index (χ3n) is 5.36. The summed E-state index contributed by atoms with van der Waals surface area (Å²) in [6.07, 6.45) is 3.59. The van der Waals surface area contributed by atoms with Gasteiger partial charge in [0.15, 0.2) is 0 Å². The summed E-state index contributed by atoms with van der Waals surface area (Å²) in [6, 6.07) is 7.92. The van der Waals surface area contributed by atoms with Gasteiger partial charge in [-0.3, -0.25) is 4.79 Å². The maximum Gasteiger partial charge on any atom is 0.341 e. The van der Waals surface area contributed by atoms with Gasteiger partial charge in [0.05, 0.1) is 5.39 Å². The fraction of sp³-hybridized carbons (Fsp3) is 0.333. The number of fused-ring (bicyclic) bond motifs is 1. The van der Waals surface area contributed by atoms with Crippen molar-refractivity contribution < 1.29 is 9.90 Å². The average molecular weight is 428 g/mol. The molecule has 3 heterocycles. The molecule has 1 atom stereocenters. The lowest BCUT2D eigenvalue weighted by Gasteiger charge is -2.36. The molecule has 1 aromatic carbocycles. The van der Waals surface area contributed by atoms with Crippen molar-refractivity contribution in [2.24, 2.45) is 0 Å². The molecule has 1 aliphatic rings. The number of carbonyl (C=O) groups is 1. The van der Waals surface area contributed by atoms with Crippen LogP contribution in [0.5, 0.6) is 0 Å². The van der Waals surface area contributed by atoms with E-state index in [4.69, 9.17) is 11.6 Å².